The Morgan fingerprint density at radius 3 is 2.33 bits per heavy atom. The van der Waals surface area contributed by atoms with Gasteiger partial charge in [0.15, 0.2) is 0 Å². The van der Waals surface area contributed by atoms with E-state index in [4.69, 9.17) is 4.74 Å². The first-order valence-corrected chi connectivity index (χ1v) is 4.73. The fraction of sp³-hybridized carbons (Fsp3) is 0.250. The van der Waals surface area contributed by atoms with Gasteiger partial charge in [-0.2, -0.15) is 0 Å². The molecule has 15 heavy (non-hydrogen) atoms. The van der Waals surface area contributed by atoms with Gasteiger partial charge >= 0.3 is 5.97 Å². The van der Waals surface area contributed by atoms with E-state index in [0.29, 0.717) is 5.57 Å². The molecule has 1 aliphatic heterocycles. The molecular weight excluding hydrogens is 192 g/mol. The van der Waals surface area contributed by atoms with Gasteiger partial charge in [0.05, 0.1) is 5.57 Å². The molecular formula is C12H12O3. The van der Waals surface area contributed by atoms with Gasteiger partial charge in [0.25, 0.3) is 0 Å². The molecule has 78 valence electrons. The second kappa shape index (κ2) is 3.21. The van der Waals surface area contributed by atoms with Gasteiger partial charge < -0.3 is 9.84 Å². The second-order valence-electron chi connectivity index (χ2n) is 3.87. The van der Waals surface area contributed by atoms with Crippen LogP contribution in [0.2, 0.25) is 0 Å². The molecule has 1 unspecified atom stereocenters. The first-order chi connectivity index (χ1) is 6.98. The summed E-state index contributed by atoms with van der Waals surface area (Å²) in [6.45, 7) is 3.41. The minimum Gasteiger partial charge on any atom is -0.426 e. The topological polar surface area (TPSA) is 46.5 Å². The molecule has 1 heterocycles. The Morgan fingerprint density at radius 2 is 1.87 bits per heavy atom. The van der Waals surface area contributed by atoms with E-state index in [2.05, 4.69) is 0 Å². The Labute approximate surface area is 88.0 Å². The van der Waals surface area contributed by atoms with Crippen LogP contribution in [0.3, 0.4) is 0 Å². The molecule has 2 rings (SSSR count). The van der Waals surface area contributed by atoms with Crippen LogP contribution in [0.15, 0.2) is 30.3 Å². The van der Waals surface area contributed by atoms with Gasteiger partial charge in [-0.1, -0.05) is 29.8 Å². The third-order valence-electron chi connectivity index (χ3n) is 2.29. The molecule has 3 nitrogen and oxygen atoms in total. The van der Waals surface area contributed by atoms with Crippen molar-refractivity contribution in [3.8, 4) is 0 Å². The van der Waals surface area contributed by atoms with Crippen LogP contribution < -0.4 is 0 Å². The first kappa shape index (κ1) is 9.93. The van der Waals surface area contributed by atoms with Crippen molar-refractivity contribution in [2.45, 2.75) is 19.6 Å². The molecule has 0 saturated heterocycles. The van der Waals surface area contributed by atoms with Crippen LogP contribution in [0.5, 0.6) is 0 Å². The van der Waals surface area contributed by atoms with E-state index in [1.165, 1.54) is 13.0 Å². The minimum atomic E-state index is -1.47. The van der Waals surface area contributed by atoms with Gasteiger partial charge in [-0.3, -0.25) is 0 Å². The van der Waals surface area contributed by atoms with E-state index < -0.39 is 11.8 Å². The average molecular weight is 204 g/mol. The zero-order valence-corrected chi connectivity index (χ0v) is 8.65. The third-order valence-corrected chi connectivity index (χ3v) is 2.29. The summed E-state index contributed by atoms with van der Waals surface area (Å²) in [5.74, 6) is -1.96. The van der Waals surface area contributed by atoms with Gasteiger partial charge in [0.1, 0.15) is 0 Å². The highest BCUT2D eigenvalue weighted by Gasteiger charge is 2.34. The number of esters is 1. The zero-order chi connectivity index (χ0) is 11.1. The van der Waals surface area contributed by atoms with Crippen LogP contribution in [0.4, 0.5) is 0 Å². The fourth-order valence-corrected chi connectivity index (χ4v) is 1.53. The number of hydrogen-bond acceptors (Lipinski definition) is 3. The zero-order valence-electron chi connectivity index (χ0n) is 8.65. The standard InChI is InChI=1S/C12H12O3/c1-8-3-5-9(6-4-8)10-7-12(2,14)15-11(10)13/h3-7,14H,1-2H3. The van der Waals surface area contributed by atoms with E-state index in [1.54, 1.807) is 0 Å². The maximum atomic E-state index is 11.4. The number of carbonyl (C=O) groups is 1. The van der Waals surface area contributed by atoms with E-state index in [9.17, 15) is 9.90 Å². The molecule has 1 aromatic carbocycles. The molecule has 1 atom stereocenters. The van der Waals surface area contributed by atoms with Crippen LogP contribution in [0.25, 0.3) is 5.57 Å². The monoisotopic (exact) mass is 204 g/mol. The number of benzene rings is 1. The summed E-state index contributed by atoms with van der Waals surface area (Å²) in [6.07, 6.45) is 1.43. The molecule has 3 heteroatoms. The van der Waals surface area contributed by atoms with Crippen molar-refractivity contribution in [3.63, 3.8) is 0 Å². The number of cyclic esters (lactones) is 1. The van der Waals surface area contributed by atoms with Gasteiger partial charge in [-0.15, -0.1) is 0 Å². The summed E-state index contributed by atoms with van der Waals surface area (Å²) in [6, 6.07) is 7.50. The quantitative estimate of drug-likeness (QED) is 0.707. The minimum absolute atomic E-state index is 0.417. The van der Waals surface area contributed by atoms with Gasteiger partial charge in [-0.05, 0) is 12.5 Å². The molecule has 1 aromatic rings. The number of aryl methyl sites for hydroxylation is 1. The maximum Gasteiger partial charge on any atom is 0.341 e. The first-order valence-electron chi connectivity index (χ1n) is 4.73. The van der Waals surface area contributed by atoms with Crippen molar-refractivity contribution in [1.82, 2.24) is 0 Å². The highest BCUT2D eigenvalue weighted by atomic mass is 16.7. The van der Waals surface area contributed by atoms with Crippen molar-refractivity contribution in [1.29, 1.82) is 0 Å². The largest absolute Gasteiger partial charge is 0.426 e. The lowest BCUT2D eigenvalue weighted by molar-refractivity contribution is -0.171. The summed E-state index contributed by atoms with van der Waals surface area (Å²) >= 11 is 0. The maximum absolute atomic E-state index is 11.4. The number of ether oxygens (including phenoxy) is 1. The Balaban J connectivity index is 2.40. The van der Waals surface area contributed by atoms with E-state index in [-0.39, 0.29) is 0 Å². The van der Waals surface area contributed by atoms with Crippen molar-refractivity contribution in [3.05, 3.63) is 41.5 Å². The summed E-state index contributed by atoms with van der Waals surface area (Å²) < 4.78 is 4.77. The lowest BCUT2D eigenvalue weighted by Crippen LogP contribution is -2.22. The van der Waals surface area contributed by atoms with Crippen LogP contribution in [-0.4, -0.2) is 16.9 Å². The normalized spacial score (nSPS) is 25.0. The van der Waals surface area contributed by atoms with Crippen molar-refractivity contribution >= 4 is 11.5 Å². The number of rotatable bonds is 1. The predicted octanol–water partition coefficient (Wildman–Crippen LogP) is 1.64. The van der Waals surface area contributed by atoms with E-state index in [1.807, 2.05) is 31.2 Å². The number of hydrogen-bond donors (Lipinski definition) is 1. The average Bonchev–Trinajstić information content (AvgIpc) is 2.41. The molecule has 1 N–H and O–H groups in total. The van der Waals surface area contributed by atoms with Crippen molar-refractivity contribution in [2.75, 3.05) is 0 Å². The predicted molar refractivity (Wildman–Crippen MR) is 55.9 cm³/mol. The second-order valence-corrected chi connectivity index (χ2v) is 3.87. The number of aliphatic hydroxyl groups is 1. The lowest BCUT2D eigenvalue weighted by atomic mass is 10.0. The lowest BCUT2D eigenvalue weighted by Gasteiger charge is -2.11. The van der Waals surface area contributed by atoms with Gasteiger partial charge in [0.2, 0.25) is 5.79 Å². The summed E-state index contributed by atoms with van der Waals surface area (Å²) in [5, 5.41) is 9.53. The van der Waals surface area contributed by atoms with Crippen LogP contribution in [-0.2, 0) is 9.53 Å². The summed E-state index contributed by atoms with van der Waals surface area (Å²) in [4.78, 5) is 11.4. The Bertz CT molecular complexity index is 427. The molecule has 0 saturated carbocycles. The van der Waals surface area contributed by atoms with E-state index in [0.717, 1.165) is 11.1 Å². The highest BCUT2D eigenvalue weighted by molar-refractivity contribution is 6.18. The Morgan fingerprint density at radius 1 is 1.27 bits per heavy atom. The molecule has 1 aliphatic rings. The smallest absolute Gasteiger partial charge is 0.341 e. The molecule has 0 amide bonds. The summed E-state index contributed by atoms with van der Waals surface area (Å²) in [5.41, 5.74) is 2.31. The van der Waals surface area contributed by atoms with Crippen LogP contribution >= 0.6 is 0 Å². The fourth-order valence-electron chi connectivity index (χ4n) is 1.53. The Kier molecular flexibility index (Phi) is 2.12. The van der Waals surface area contributed by atoms with Gasteiger partial charge in [0, 0.05) is 13.0 Å². The van der Waals surface area contributed by atoms with Crippen molar-refractivity contribution < 1.29 is 14.6 Å². The highest BCUT2D eigenvalue weighted by Crippen LogP contribution is 2.28. The molecule has 0 bridgehead atoms. The van der Waals surface area contributed by atoms with E-state index >= 15 is 0 Å². The molecule has 0 aliphatic carbocycles. The van der Waals surface area contributed by atoms with Gasteiger partial charge in [-0.25, -0.2) is 4.79 Å². The van der Waals surface area contributed by atoms with Crippen molar-refractivity contribution in [2.24, 2.45) is 0 Å². The molecule has 0 radical (unpaired) electrons. The third kappa shape index (κ3) is 1.92. The SMILES string of the molecule is Cc1ccc(C2=CC(C)(O)OC2=O)cc1. The number of carbonyl (C=O) groups excluding carboxylic acids is 1. The Hall–Kier alpha value is -1.61. The summed E-state index contributed by atoms with van der Waals surface area (Å²) in [7, 11) is 0. The molecule has 0 fully saturated rings. The van der Waals surface area contributed by atoms with Crippen LogP contribution in [0, 0.1) is 6.92 Å². The molecule has 0 spiro atoms. The van der Waals surface area contributed by atoms with Crippen LogP contribution in [0.1, 0.15) is 18.1 Å². The molecule has 0 aromatic heterocycles.